The van der Waals surface area contributed by atoms with Crippen molar-refractivity contribution in [1.82, 2.24) is 0 Å². The van der Waals surface area contributed by atoms with E-state index in [1.54, 1.807) is 0 Å². The predicted molar refractivity (Wildman–Crippen MR) is 118 cm³/mol. The van der Waals surface area contributed by atoms with Crippen LogP contribution in [0.2, 0.25) is 0 Å². The van der Waals surface area contributed by atoms with E-state index in [0.29, 0.717) is 43.0 Å². The fraction of sp³-hybridized carbons (Fsp3) is 0.692. The van der Waals surface area contributed by atoms with Gasteiger partial charge < -0.3 is 18.9 Å². The van der Waals surface area contributed by atoms with Crippen molar-refractivity contribution in [3.8, 4) is 11.5 Å². The van der Waals surface area contributed by atoms with Gasteiger partial charge in [-0.15, -0.1) is 0 Å². The van der Waals surface area contributed by atoms with Gasteiger partial charge in [-0.1, -0.05) is 20.8 Å². The van der Waals surface area contributed by atoms with E-state index in [2.05, 4.69) is 13.0 Å². The summed E-state index contributed by atoms with van der Waals surface area (Å²) >= 11 is 0. The molecule has 0 spiro atoms. The first-order valence-corrected chi connectivity index (χ1v) is 12.3. The van der Waals surface area contributed by atoms with E-state index >= 15 is 0 Å². The molecule has 0 amide bonds. The molecule has 174 valence electrons. The lowest BCUT2D eigenvalue weighted by Crippen LogP contribution is -2.49. The van der Waals surface area contributed by atoms with Gasteiger partial charge in [0.05, 0.1) is 6.61 Å². The molecule has 1 heterocycles. The van der Waals surface area contributed by atoms with E-state index in [0.717, 1.165) is 37.9 Å². The minimum absolute atomic E-state index is 0.0193. The van der Waals surface area contributed by atoms with Gasteiger partial charge in [-0.3, -0.25) is 9.59 Å². The molecule has 0 bridgehead atoms. The number of fused-ring (bicyclic) bond motifs is 7. The number of hydrogen-bond acceptors (Lipinski definition) is 6. The van der Waals surface area contributed by atoms with E-state index < -0.39 is 5.79 Å². The van der Waals surface area contributed by atoms with Crippen molar-refractivity contribution in [2.75, 3.05) is 6.61 Å². The van der Waals surface area contributed by atoms with Gasteiger partial charge >= 0.3 is 11.9 Å². The van der Waals surface area contributed by atoms with Gasteiger partial charge in [0.1, 0.15) is 17.6 Å². The summed E-state index contributed by atoms with van der Waals surface area (Å²) in [4.78, 5) is 24.4. The Bertz CT molecular complexity index is 940. The Hall–Kier alpha value is -2.08. The van der Waals surface area contributed by atoms with Gasteiger partial charge in [-0.25, -0.2) is 0 Å². The Kier molecular flexibility index (Phi) is 5.27. The summed E-state index contributed by atoms with van der Waals surface area (Å²) in [5.74, 6) is 1.54. The Labute approximate surface area is 189 Å². The molecule has 3 aliphatic carbocycles. The van der Waals surface area contributed by atoms with Crippen LogP contribution in [-0.4, -0.2) is 30.4 Å². The summed E-state index contributed by atoms with van der Waals surface area (Å²) in [7, 11) is 0. The molecule has 0 aromatic heterocycles. The quantitative estimate of drug-likeness (QED) is 0.354. The van der Waals surface area contributed by atoms with E-state index in [4.69, 9.17) is 18.9 Å². The van der Waals surface area contributed by atoms with E-state index in [9.17, 15) is 9.59 Å². The molecule has 1 aromatic rings. The van der Waals surface area contributed by atoms with E-state index in [1.807, 2.05) is 26.8 Å². The number of esters is 2. The highest BCUT2D eigenvalue weighted by Gasteiger charge is 2.79. The van der Waals surface area contributed by atoms with Crippen LogP contribution >= 0.6 is 0 Å². The van der Waals surface area contributed by atoms with Crippen molar-refractivity contribution >= 4 is 11.9 Å². The van der Waals surface area contributed by atoms with Gasteiger partial charge in [0, 0.05) is 29.9 Å². The fourth-order valence-corrected chi connectivity index (χ4v) is 6.93. The van der Waals surface area contributed by atoms with Crippen molar-refractivity contribution in [3.05, 3.63) is 23.3 Å². The molecule has 1 saturated heterocycles. The molecule has 0 radical (unpaired) electrons. The number of ether oxygens (including phenoxy) is 4. The highest BCUT2D eigenvalue weighted by Crippen LogP contribution is 2.72. The standard InChI is InChI=1S/C26H34O6/c1-5-22(27)30-20-13-16(29-7-3)12-15-8-9-17-18(24(15)20)10-11-25(4)19(17)14-21-26(25,31-21)32-23(28)6-2/h12-13,17-19,21H,5-11,14H2,1-4H3/t17-,18+,19+,21-,25+,26-/m1/s1. The zero-order valence-corrected chi connectivity index (χ0v) is 19.6. The Morgan fingerprint density at radius 1 is 1.12 bits per heavy atom. The number of epoxide rings is 1. The van der Waals surface area contributed by atoms with E-state index in [1.165, 1.54) is 11.1 Å². The van der Waals surface area contributed by atoms with Crippen LogP contribution in [0.1, 0.15) is 83.3 Å². The summed E-state index contributed by atoms with van der Waals surface area (Å²) in [5, 5.41) is 0. The largest absolute Gasteiger partial charge is 0.494 e. The molecular weight excluding hydrogens is 408 g/mol. The number of rotatable bonds is 6. The third-order valence-corrected chi connectivity index (χ3v) is 8.47. The summed E-state index contributed by atoms with van der Waals surface area (Å²) in [6.07, 6.45) is 5.58. The second-order valence-corrected chi connectivity index (χ2v) is 9.96. The number of benzene rings is 1. The first-order chi connectivity index (χ1) is 15.4. The zero-order valence-electron chi connectivity index (χ0n) is 19.6. The second kappa shape index (κ2) is 7.75. The summed E-state index contributed by atoms with van der Waals surface area (Å²) < 4.78 is 23.6. The SMILES string of the molecule is CCOc1cc2c(c(OC(=O)CC)c1)[C@H]1CC[C@@]3(C)[C@@H](C[C@H]4O[C@@]43OC(=O)CC)[C@@H]1CC2. The number of carbonyl (C=O) groups excluding carboxylic acids is 2. The lowest BCUT2D eigenvalue weighted by Gasteiger charge is -2.51. The van der Waals surface area contributed by atoms with Gasteiger partial charge in [-0.2, -0.15) is 0 Å². The normalized spacial score (nSPS) is 36.2. The van der Waals surface area contributed by atoms with Crippen LogP contribution in [0.5, 0.6) is 11.5 Å². The van der Waals surface area contributed by atoms with Crippen LogP contribution in [0.25, 0.3) is 0 Å². The summed E-state index contributed by atoms with van der Waals surface area (Å²) in [6, 6.07) is 4.03. The molecule has 0 unspecified atom stereocenters. The lowest BCUT2D eigenvalue weighted by molar-refractivity contribution is -0.187. The average Bonchev–Trinajstić information content (AvgIpc) is 3.42. The fourth-order valence-electron chi connectivity index (χ4n) is 6.93. The molecule has 2 saturated carbocycles. The molecule has 6 atom stereocenters. The smallest absolute Gasteiger partial charge is 0.310 e. The van der Waals surface area contributed by atoms with Crippen molar-refractivity contribution in [2.24, 2.45) is 17.3 Å². The first-order valence-electron chi connectivity index (χ1n) is 12.3. The molecular formula is C26H34O6. The minimum atomic E-state index is -0.730. The third kappa shape index (κ3) is 3.09. The molecule has 6 heteroatoms. The lowest BCUT2D eigenvalue weighted by atomic mass is 9.55. The van der Waals surface area contributed by atoms with Gasteiger partial charge in [0.2, 0.25) is 5.79 Å². The monoisotopic (exact) mass is 442 g/mol. The maximum Gasteiger partial charge on any atom is 0.310 e. The minimum Gasteiger partial charge on any atom is -0.494 e. The van der Waals surface area contributed by atoms with Crippen molar-refractivity contribution < 1.29 is 28.5 Å². The molecule has 3 fully saturated rings. The van der Waals surface area contributed by atoms with Crippen molar-refractivity contribution in [3.63, 3.8) is 0 Å². The van der Waals surface area contributed by atoms with E-state index in [-0.39, 0.29) is 23.5 Å². The third-order valence-electron chi connectivity index (χ3n) is 8.47. The van der Waals surface area contributed by atoms with Crippen LogP contribution in [0, 0.1) is 17.3 Å². The summed E-state index contributed by atoms with van der Waals surface area (Å²) in [6.45, 7) is 8.44. The molecule has 4 aliphatic rings. The Morgan fingerprint density at radius 3 is 2.62 bits per heavy atom. The molecule has 32 heavy (non-hydrogen) atoms. The highest BCUT2D eigenvalue weighted by molar-refractivity contribution is 5.73. The predicted octanol–water partition coefficient (Wildman–Crippen LogP) is 4.92. The Balaban J connectivity index is 1.48. The van der Waals surface area contributed by atoms with Gasteiger partial charge in [0.25, 0.3) is 0 Å². The highest BCUT2D eigenvalue weighted by atomic mass is 16.8. The second-order valence-electron chi connectivity index (χ2n) is 9.96. The van der Waals surface area contributed by atoms with Crippen LogP contribution in [0.4, 0.5) is 0 Å². The van der Waals surface area contributed by atoms with Crippen molar-refractivity contribution in [1.29, 1.82) is 0 Å². The van der Waals surface area contributed by atoms with Gasteiger partial charge in [-0.05, 0) is 68.4 Å². The van der Waals surface area contributed by atoms with Crippen LogP contribution in [-0.2, 0) is 25.5 Å². The molecule has 1 aromatic carbocycles. The number of hydrogen-bond donors (Lipinski definition) is 0. The maximum atomic E-state index is 12.2. The van der Waals surface area contributed by atoms with Crippen LogP contribution < -0.4 is 9.47 Å². The van der Waals surface area contributed by atoms with Crippen molar-refractivity contribution in [2.45, 2.75) is 90.4 Å². The number of aryl methyl sites for hydroxylation is 1. The first kappa shape index (κ1) is 21.7. The zero-order chi connectivity index (χ0) is 22.7. The molecule has 6 nitrogen and oxygen atoms in total. The van der Waals surface area contributed by atoms with Gasteiger partial charge in [0.15, 0.2) is 0 Å². The van der Waals surface area contributed by atoms with Crippen LogP contribution in [0.15, 0.2) is 12.1 Å². The van der Waals surface area contributed by atoms with Crippen LogP contribution in [0.3, 0.4) is 0 Å². The molecule has 5 rings (SSSR count). The maximum absolute atomic E-state index is 12.2. The Morgan fingerprint density at radius 2 is 1.91 bits per heavy atom. The topological polar surface area (TPSA) is 74.4 Å². The average molecular weight is 443 g/mol. The number of carbonyl (C=O) groups is 2. The summed E-state index contributed by atoms with van der Waals surface area (Å²) in [5.41, 5.74) is 2.27. The molecule has 1 aliphatic heterocycles. The molecule has 0 N–H and O–H groups in total.